The molecule has 3 rings (SSSR count). The molecule has 2 bridgehead atoms. The van der Waals surface area contributed by atoms with Crippen molar-refractivity contribution in [2.75, 3.05) is 6.61 Å². The van der Waals surface area contributed by atoms with Crippen molar-refractivity contribution in [2.24, 2.45) is 23.2 Å². The van der Waals surface area contributed by atoms with Gasteiger partial charge in [-0.1, -0.05) is 13.8 Å². The largest absolute Gasteiger partial charge is 0.466 e. The molecule has 0 aromatic rings. The molecule has 0 unspecified atom stereocenters. The van der Waals surface area contributed by atoms with Crippen LogP contribution < -0.4 is 0 Å². The lowest BCUT2D eigenvalue weighted by Crippen LogP contribution is -2.52. The van der Waals surface area contributed by atoms with E-state index in [1.807, 2.05) is 0 Å². The van der Waals surface area contributed by atoms with Gasteiger partial charge < -0.3 is 4.74 Å². The van der Waals surface area contributed by atoms with E-state index in [-0.39, 0.29) is 5.97 Å². The van der Waals surface area contributed by atoms with E-state index in [0.717, 1.165) is 24.2 Å². The molecule has 0 spiro atoms. The second kappa shape index (κ2) is 3.80. The predicted molar refractivity (Wildman–Crippen MR) is 59.4 cm³/mol. The van der Waals surface area contributed by atoms with E-state index in [4.69, 9.17) is 4.74 Å². The van der Waals surface area contributed by atoms with Crippen LogP contribution in [0.5, 0.6) is 0 Å². The first-order valence-electron chi connectivity index (χ1n) is 6.15. The molecule has 0 N–H and O–H groups in total. The highest BCUT2D eigenvalue weighted by atomic mass is 16.5. The van der Waals surface area contributed by atoms with Gasteiger partial charge in [0.2, 0.25) is 0 Å². The molecule has 0 aromatic heterocycles. The van der Waals surface area contributed by atoms with Crippen LogP contribution in [0.1, 0.15) is 46.5 Å². The van der Waals surface area contributed by atoms with Gasteiger partial charge in [0.15, 0.2) is 0 Å². The molecule has 86 valence electrons. The lowest BCUT2D eigenvalue weighted by Gasteiger charge is -2.60. The van der Waals surface area contributed by atoms with Crippen LogP contribution in [0.15, 0.2) is 0 Å². The van der Waals surface area contributed by atoms with Gasteiger partial charge in [0.25, 0.3) is 0 Å². The third-order valence-electron chi connectivity index (χ3n) is 4.80. The SMILES string of the molecule is CC(=O)OCC[C@@H]1CC[C@H]2C[C@@H]1C2(C)C. The van der Waals surface area contributed by atoms with Gasteiger partial charge in [-0.3, -0.25) is 4.79 Å². The van der Waals surface area contributed by atoms with Crippen molar-refractivity contribution in [3.8, 4) is 0 Å². The first kappa shape index (κ1) is 11.0. The van der Waals surface area contributed by atoms with Crippen LogP contribution in [0.2, 0.25) is 0 Å². The van der Waals surface area contributed by atoms with Crippen molar-refractivity contribution in [3.05, 3.63) is 0 Å². The third kappa shape index (κ3) is 1.91. The summed E-state index contributed by atoms with van der Waals surface area (Å²) in [6.45, 7) is 6.93. The smallest absolute Gasteiger partial charge is 0.302 e. The summed E-state index contributed by atoms with van der Waals surface area (Å²) in [5, 5.41) is 0. The maximum atomic E-state index is 10.7. The number of ether oxygens (including phenoxy) is 1. The molecule has 3 fully saturated rings. The van der Waals surface area contributed by atoms with E-state index in [1.165, 1.54) is 26.2 Å². The minimum atomic E-state index is -0.142. The maximum Gasteiger partial charge on any atom is 0.302 e. The molecule has 0 aliphatic heterocycles. The van der Waals surface area contributed by atoms with E-state index < -0.39 is 0 Å². The van der Waals surface area contributed by atoms with Gasteiger partial charge in [0, 0.05) is 6.92 Å². The van der Waals surface area contributed by atoms with Crippen molar-refractivity contribution in [2.45, 2.75) is 46.5 Å². The topological polar surface area (TPSA) is 26.3 Å². The van der Waals surface area contributed by atoms with Crippen LogP contribution in [-0.2, 0) is 9.53 Å². The Balaban J connectivity index is 1.81. The summed E-state index contributed by atoms with van der Waals surface area (Å²) in [5.74, 6) is 2.50. The average Bonchev–Trinajstić information content (AvgIpc) is 2.17. The predicted octanol–water partition coefficient (Wildman–Crippen LogP) is 3.01. The van der Waals surface area contributed by atoms with Crippen LogP contribution in [-0.4, -0.2) is 12.6 Å². The fourth-order valence-corrected chi connectivity index (χ4v) is 3.66. The Bertz CT molecular complexity index is 255. The quantitative estimate of drug-likeness (QED) is 0.669. The van der Waals surface area contributed by atoms with E-state index in [1.54, 1.807) is 0 Å². The summed E-state index contributed by atoms with van der Waals surface area (Å²) in [7, 11) is 0. The lowest BCUT2D eigenvalue weighted by atomic mass is 9.45. The fraction of sp³-hybridized carbons (Fsp3) is 0.923. The van der Waals surface area contributed by atoms with E-state index >= 15 is 0 Å². The first-order valence-corrected chi connectivity index (χ1v) is 6.15. The average molecular weight is 210 g/mol. The molecule has 3 atom stereocenters. The molecular formula is C13H22O2. The summed E-state index contributed by atoms with van der Waals surface area (Å²) >= 11 is 0. The van der Waals surface area contributed by atoms with Gasteiger partial charge in [0.05, 0.1) is 6.61 Å². The number of carbonyl (C=O) groups is 1. The summed E-state index contributed by atoms with van der Waals surface area (Å²) in [6.07, 6.45) is 5.21. The normalized spacial score (nSPS) is 36.9. The van der Waals surface area contributed by atoms with Crippen LogP contribution in [0.25, 0.3) is 0 Å². The minimum absolute atomic E-state index is 0.142. The first-order chi connectivity index (χ1) is 7.01. The van der Waals surface area contributed by atoms with Crippen LogP contribution in [0.4, 0.5) is 0 Å². The van der Waals surface area contributed by atoms with E-state index in [0.29, 0.717) is 12.0 Å². The minimum Gasteiger partial charge on any atom is -0.466 e. The lowest BCUT2D eigenvalue weighted by molar-refractivity contribution is -0.144. The van der Waals surface area contributed by atoms with Gasteiger partial charge in [0.1, 0.15) is 0 Å². The molecule has 2 nitrogen and oxygen atoms in total. The zero-order valence-corrected chi connectivity index (χ0v) is 10.1. The van der Waals surface area contributed by atoms with Gasteiger partial charge in [-0.25, -0.2) is 0 Å². The van der Waals surface area contributed by atoms with Gasteiger partial charge in [-0.2, -0.15) is 0 Å². The Hall–Kier alpha value is -0.530. The highest BCUT2D eigenvalue weighted by Crippen LogP contribution is 2.61. The maximum absolute atomic E-state index is 10.7. The van der Waals surface area contributed by atoms with Crippen LogP contribution >= 0.6 is 0 Å². The summed E-state index contributed by atoms with van der Waals surface area (Å²) in [5.41, 5.74) is 0.555. The van der Waals surface area contributed by atoms with E-state index in [9.17, 15) is 4.79 Å². The van der Waals surface area contributed by atoms with Crippen molar-refractivity contribution in [1.82, 2.24) is 0 Å². The second-order valence-corrected chi connectivity index (χ2v) is 5.83. The Labute approximate surface area is 92.4 Å². The summed E-state index contributed by atoms with van der Waals surface area (Å²) < 4.78 is 5.04. The molecule has 0 amide bonds. The molecule has 3 aliphatic rings. The van der Waals surface area contributed by atoms with Crippen molar-refractivity contribution in [3.63, 3.8) is 0 Å². The fourth-order valence-electron chi connectivity index (χ4n) is 3.66. The van der Waals surface area contributed by atoms with Crippen molar-refractivity contribution >= 4 is 5.97 Å². The summed E-state index contributed by atoms with van der Waals surface area (Å²) in [4.78, 5) is 10.7. The van der Waals surface area contributed by atoms with Gasteiger partial charge in [-0.05, 0) is 48.9 Å². The molecule has 0 radical (unpaired) electrons. The highest BCUT2D eigenvalue weighted by Gasteiger charge is 2.53. The number of esters is 1. The number of hydrogen-bond acceptors (Lipinski definition) is 2. The number of rotatable bonds is 3. The Morgan fingerprint density at radius 3 is 2.67 bits per heavy atom. The molecule has 0 saturated heterocycles. The number of carbonyl (C=O) groups excluding carboxylic acids is 1. The van der Waals surface area contributed by atoms with Gasteiger partial charge >= 0.3 is 5.97 Å². The summed E-state index contributed by atoms with van der Waals surface area (Å²) in [6, 6.07) is 0. The Morgan fingerprint density at radius 1 is 1.40 bits per heavy atom. The Morgan fingerprint density at radius 2 is 2.13 bits per heavy atom. The van der Waals surface area contributed by atoms with Crippen LogP contribution in [0.3, 0.4) is 0 Å². The molecule has 3 saturated carbocycles. The van der Waals surface area contributed by atoms with Crippen LogP contribution in [0, 0.1) is 23.2 Å². The molecule has 2 heteroatoms. The van der Waals surface area contributed by atoms with Crippen molar-refractivity contribution < 1.29 is 9.53 Å². The number of fused-ring (bicyclic) bond motifs is 2. The van der Waals surface area contributed by atoms with E-state index in [2.05, 4.69) is 13.8 Å². The second-order valence-electron chi connectivity index (χ2n) is 5.83. The monoisotopic (exact) mass is 210 g/mol. The standard InChI is InChI=1S/C13H22O2/c1-9(14)15-7-6-10-4-5-11-8-12(10)13(11,2)3/h10-12H,4-8H2,1-3H3/t10-,11-,12-/m0/s1. The molecule has 0 aromatic carbocycles. The highest BCUT2D eigenvalue weighted by molar-refractivity contribution is 5.65. The zero-order chi connectivity index (χ0) is 11.1. The van der Waals surface area contributed by atoms with Crippen molar-refractivity contribution in [1.29, 1.82) is 0 Å². The van der Waals surface area contributed by atoms with Gasteiger partial charge in [-0.15, -0.1) is 0 Å². The third-order valence-corrected chi connectivity index (χ3v) is 4.80. The zero-order valence-electron chi connectivity index (χ0n) is 10.1. The number of hydrogen-bond donors (Lipinski definition) is 0. The molecular weight excluding hydrogens is 188 g/mol. The molecule has 3 aliphatic carbocycles. The molecule has 15 heavy (non-hydrogen) atoms. The Kier molecular flexibility index (Phi) is 2.78. The molecule has 0 heterocycles.